The topological polar surface area (TPSA) is 49.9 Å². The van der Waals surface area contributed by atoms with E-state index < -0.39 is 5.41 Å². The van der Waals surface area contributed by atoms with E-state index in [0.717, 1.165) is 16.0 Å². The molecule has 0 N–H and O–H groups in total. The lowest BCUT2D eigenvalue weighted by atomic mass is 9.94. The molecule has 0 radical (unpaired) electrons. The number of carbonyl (C=O) groups is 2. The molecule has 0 atom stereocenters. The molecule has 0 saturated heterocycles. The first-order valence-corrected chi connectivity index (χ1v) is 12.0. The predicted molar refractivity (Wildman–Crippen MR) is 127 cm³/mol. The van der Waals surface area contributed by atoms with E-state index >= 15 is 0 Å². The van der Waals surface area contributed by atoms with Gasteiger partial charge in [0.25, 0.3) is 0 Å². The van der Waals surface area contributed by atoms with Gasteiger partial charge < -0.3 is 14.5 Å². The van der Waals surface area contributed by atoms with E-state index in [-0.39, 0.29) is 30.1 Å². The first kappa shape index (κ1) is 26.3. The first-order valence-electron chi connectivity index (χ1n) is 10.6. The molecule has 1 aromatic heterocycles. The summed E-state index contributed by atoms with van der Waals surface area (Å²) >= 11 is 7.62. The van der Waals surface area contributed by atoms with Crippen molar-refractivity contribution in [1.29, 1.82) is 0 Å². The first-order chi connectivity index (χ1) is 15.2. The van der Waals surface area contributed by atoms with Gasteiger partial charge in [-0.3, -0.25) is 9.59 Å². The fourth-order valence-electron chi connectivity index (χ4n) is 3.18. The van der Waals surface area contributed by atoms with Crippen LogP contribution < -0.4 is 0 Å². The highest BCUT2D eigenvalue weighted by Gasteiger charge is 2.33. The quantitative estimate of drug-likeness (QED) is 0.321. The monoisotopic (exact) mass is 482 g/mol. The number of rotatable bonds is 12. The van der Waals surface area contributed by atoms with Crippen molar-refractivity contribution >= 4 is 34.8 Å². The number of hydrogen-bond donors (Lipinski definition) is 0. The van der Waals surface area contributed by atoms with Gasteiger partial charge in [0.1, 0.15) is 5.82 Å². The molecule has 2 aromatic rings. The summed E-state index contributed by atoms with van der Waals surface area (Å²) in [4.78, 5) is 30.9. The molecular weight excluding hydrogens is 451 g/mol. The van der Waals surface area contributed by atoms with Crippen LogP contribution in [0.25, 0.3) is 0 Å². The van der Waals surface area contributed by atoms with Crippen molar-refractivity contribution in [2.45, 2.75) is 40.3 Å². The Hall–Kier alpha value is -1.96. The maximum atomic E-state index is 13.4. The predicted octanol–water partition coefficient (Wildman–Crippen LogP) is 4.85. The third-order valence-corrected chi connectivity index (χ3v) is 6.92. The van der Waals surface area contributed by atoms with Crippen molar-refractivity contribution < 1.29 is 18.7 Å². The van der Waals surface area contributed by atoms with E-state index in [0.29, 0.717) is 32.7 Å². The number of amides is 2. The molecule has 5 nitrogen and oxygen atoms in total. The van der Waals surface area contributed by atoms with Crippen LogP contribution in [0.2, 0.25) is 0 Å². The maximum Gasteiger partial charge on any atom is 0.242 e. The third-order valence-electron chi connectivity index (χ3n) is 5.24. The molecule has 2 amide bonds. The van der Waals surface area contributed by atoms with Gasteiger partial charge in [0.05, 0.1) is 18.5 Å². The Kier molecular flexibility index (Phi) is 10.1. The lowest BCUT2D eigenvalue weighted by Crippen LogP contribution is -2.48. The maximum absolute atomic E-state index is 13.4. The second kappa shape index (κ2) is 12.3. The normalized spacial score (nSPS) is 11.4. The van der Waals surface area contributed by atoms with E-state index in [1.54, 1.807) is 54.2 Å². The van der Waals surface area contributed by atoms with Gasteiger partial charge in [0, 0.05) is 37.6 Å². The fraction of sp³-hybridized carbons (Fsp3) is 0.500. The minimum atomic E-state index is -0.777. The molecule has 0 spiro atoms. The molecule has 8 heteroatoms. The summed E-state index contributed by atoms with van der Waals surface area (Å²) in [6, 6.07) is 8.14. The van der Waals surface area contributed by atoms with Crippen LogP contribution in [0, 0.1) is 18.2 Å². The van der Waals surface area contributed by atoms with Crippen LogP contribution in [0.5, 0.6) is 0 Å². The van der Waals surface area contributed by atoms with Crippen molar-refractivity contribution in [3.05, 3.63) is 57.5 Å². The van der Waals surface area contributed by atoms with Gasteiger partial charge in [0.2, 0.25) is 11.8 Å². The van der Waals surface area contributed by atoms with Gasteiger partial charge in [-0.15, -0.1) is 22.9 Å². The smallest absolute Gasteiger partial charge is 0.242 e. The summed E-state index contributed by atoms with van der Waals surface area (Å²) in [6.07, 6.45) is 0.621. The minimum absolute atomic E-state index is 0.0471. The van der Waals surface area contributed by atoms with Crippen LogP contribution in [0.1, 0.15) is 36.3 Å². The number of benzene rings is 1. The number of halogens is 2. The van der Waals surface area contributed by atoms with E-state index in [1.807, 2.05) is 18.4 Å². The van der Waals surface area contributed by atoms with Crippen molar-refractivity contribution in [2.75, 3.05) is 32.7 Å². The number of aryl methyl sites for hydroxylation is 1. The minimum Gasteiger partial charge on any atom is -0.385 e. The zero-order chi connectivity index (χ0) is 23.7. The van der Waals surface area contributed by atoms with Crippen LogP contribution in [-0.4, -0.2) is 54.3 Å². The van der Waals surface area contributed by atoms with Crippen LogP contribution in [-0.2, 0) is 27.4 Å². The summed E-state index contributed by atoms with van der Waals surface area (Å²) < 4.78 is 18.5. The summed E-state index contributed by atoms with van der Waals surface area (Å²) in [6.45, 7) is 7.18. The highest BCUT2D eigenvalue weighted by atomic mass is 35.5. The van der Waals surface area contributed by atoms with Crippen molar-refractivity contribution in [2.24, 2.45) is 5.41 Å². The molecule has 2 rings (SSSR count). The van der Waals surface area contributed by atoms with Crippen LogP contribution in [0.15, 0.2) is 35.7 Å². The number of alkyl halides is 1. The second-order valence-electron chi connectivity index (χ2n) is 8.49. The Labute approximate surface area is 199 Å². The number of thiophene rings is 1. The van der Waals surface area contributed by atoms with Crippen molar-refractivity contribution in [1.82, 2.24) is 9.80 Å². The van der Waals surface area contributed by atoms with Crippen LogP contribution >= 0.6 is 22.9 Å². The van der Waals surface area contributed by atoms with Gasteiger partial charge in [-0.2, -0.15) is 0 Å². The molecule has 0 aliphatic heterocycles. The van der Waals surface area contributed by atoms with Gasteiger partial charge in [-0.05, 0) is 61.9 Å². The average Bonchev–Trinajstić information content (AvgIpc) is 3.17. The van der Waals surface area contributed by atoms with Gasteiger partial charge in [0.15, 0.2) is 0 Å². The zero-order valence-electron chi connectivity index (χ0n) is 19.2. The Bertz CT molecular complexity index is 886. The SMILES string of the molecule is COCCCN(CC(=O)N(Cc1ccc(F)cc1)Cc1sccc1C)C(=O)C(C)(C)CCl. The summed E-state index contributed by atoms with van der Waals surface area (Å²) in [5.41, 5.74) is 1.16. The van der Waals surface area contributed by atoms with Gasteiger partial charge >= 0.3 is 0 Å². The molecule has 0 saturated carbocycles. The lowest BCUT2D eigenvalue weighted by molar-refractivity contribution is -0.146. The largest absolute Gasteiger partial charge is 0.385 e. The second-order valence-corrected chi connectivity index (χ2v) is 9.76. The number of hydrogen-bond acceptors (Lipinski definition) is 4. The highest BCUT2D eigenvalue weighted by Crippen LogP contribution is 2.23. The van der Waals surface area contributed by atoms with Crippen molar-refractivity contribution in [3.8, 4) is 0 Å². The molecule has 0 unspecified atom stereocenters. The molecule has 32 heavy (non-hydrogen) atoms. The zero-order valence-corrected chi connectivity index (χ0v) is 20.8. The number of ether oxygens (including phenoxy) is 1. The van der Waals surface area contributed by atoms with E-state index in [1.165, 1.54) is 12.1 Å². The van der Waals surface area contributed by atoms with E-state index in [9.17, 15) is 14.0 Å². The number of carbonyl (C=O) groups excluding carboxylic acids is 2. The highest BCUT2D eigenvalue weighted by molar-refractivity contribution is 7.10. The van der Waals surface area contributed by atoms with Gasteiger partial charge in [-0.25, -0.2) is 4.39 Å². The summed E-state index contributed by atoms with van der Waals surface area (Å²) in [7, 11) is 1.60. The van der Waals surface area contributed by atoms with Crippen LogP contribution in [0.3, 0.4) is 0 Å². The van der Waals surface area contributed by atoms with Crippen LogP contribution in [0.4, 0.5) is 4.39 Å². The Morgan fingerprint density at radius 2 is 1.81 bits per heavy atom. The summed E-state index contributed by atoms with van der Waals surface area (Å²) in [5, 5.41) is 1.99. The fourth-order valence-corrected chi connectivity index (χ4v) is 4.22. The molecular formula is C24H32ClFN2O3S. The van der Waals surface area contributed by atoms with Crippen molar-refractivity contribution in [3.63, 3.8) is 0 Å². The molecule has 1 aromatic carbocycles. The Morgan fingerprint density at radius 1 is 1.12 bits per heavy atom. The van der Waals surface area contributed by atoms with Gasteiger partial charge in [-0.1, -0.05) is 12.1 Å². The summed E-state index contributed by atoms with van der Waals surface area (Å²) in [5.74, 6) is -0.489. The lowest BCUT2D eigenvalue weighted by Gasteiger charge is -2.32. The molecule has 1 heterocycles. The molecule has 0 aliphatic rings. The molecule has 176 valence electrons. The Morgan fingerprint density at radius 3 is 2.38 bits per heavy atom. The Balaban J connectivity index is 2.24. The third kappa shape index (κ3) is 7.57. The standard InChI is InChI=1S/C24H32ClFN2O3S/c1-18-10-13-32-21(18)15-28(14-19-6-8-20(26)9-7-19)22(29)16-27(11-5-12-31-4)23(30)24(2,3)17-25/h6-10,13H,5,11-12,14-17H2,1-4H3. The molecule has 0 bridgehead atoms. The molecule has 0 aliphatic carbocycles. The number of nitrogens with zero attached hydrogens (tertiary/aromatic N) is 2. The number of methoxy groups -OCH3 is 1. The molecule has 0 fully saturated rings. The van der Waals surface area contributed by atoms with E-state index in [4.69, 9.17) is 16.3 Å². The van der Waals surface area contributed by atoms with E-state index in [2.05, 4.69) is 0 Å². The average molecular weight is 483 g/mol.